The molecule has 0 spiro atoms. The fraction of sp³-hybridized carbons (Fsp3) is 0.571. The van der Waals surface area contributed by atoms with E-state index in [1.54, 1.807) is 7.05 Å². The van der Waals surface area contributed by atoms with Gasteiger partial charge in [-0.3, -0.25) is 4.99 Å². The predicted octanol–water partition coefficient (Wildman–Crippen LogP) is 1.61. The molecule has 0 saturated carbocycles. The fourth-order valence-electron chi connectivity index (χ4n) is 1.75. The summed E-state index contributed by atoms with van der Waals surface area (Å²) in [7, 11) is 5.79. The third kappa shape index (κ3) is 5.16. The highest BCUT2D eigenvalue weighted by Gasteiger charge is 2.05. The van der Waals surface area contributed by atoms with Gasteiger partial charge >= 0.3 is 0 Å². The molecule has 1 rings (SSSR count). The summed E-state index contributed by atoms with van der Waals surface area (Å²) in [6.45, 7) is 3.84. The zero-order valence-electron chi connectivity index (χ0n) is 12.4. The van der Waals surface area contributed by atoms with E-state index in [0.717, 1.165) is 30.3 Å². The van der Waals surface area contributed by atoms with E-state index in [9.17, 15) is 0 Å². The molecule has 2 N–H and O–H groups in total. The molecule has 0 aliphatic heterocycles. The van der Waals surface area contributed by atoms with Gasteiger partial charge in [-0.05, 0) is 12.5 Å². The Balaban J connectivity index is 2.55. The second-order valence-corrected chi connectivity index (χ2v) is 4.59. The van der Waals surface area contributed by atoms with Gasteiger partial charge < -0.3 is 15.5 Å². The highest BCUT2D eigenvalue weighted by molar-refractivity contribution is 5.79. The molecule has 0 saturated heterocycles. The number of pyridine rings is 1. The normalized spacial score (nSPS) is 11.3. The molecule has 1 aromatic rings. The lowest BCUT2D eigenvalue weighted by molar-refractivity contribution is 0.728. The van der Waals surface area contributed by atoms with Gasteiger partial charge in [0.25, 0.3) is 0 Å². The maximum atomic E-state index is 4.38. The van der Waals surface area contributed by atoms with Crippen LogP contribution in [0.3, 0.4) is 0 Å². The Kier molecular flexibility index (Phi) is 6.71. The van der Waals surface area contributed by atoms with Crippen LogP contribution in [-0.4, -0.2) is 38.6 Å². The summed E-state index contributed by atoms with van der Waals surface area (Å²) in [4.78, 5) is 10.6. The van der Waals surface area contributed by atoms with Gasteiger partial charge in [-0.25, -0.2) is 4.98 Å². The molecule has 0 radical (unpaired) electrons. The van der Waals surface area contributed by atoms with Crippen molar-refractivity contribution >= 4 is 11.8 Å². The van der Waals surface area contributed by atoms with E-state index in [1.807, 2.05) is 31.3 Å². The number of aliphatic imine (C=N–C) groups is 1. The first-order chi connectivity index (χ1) is 9.19. The average molecular weight is 263 g/mol. The second kappa shape index (κ2) is 8.34. The number of aromatic nitrogens is 1. The van der Waals surface area contributed by atoms with Crippen LogP contribution in [0.25, 0.3) is 0 Å². The Morgan fingerprint density at radius 1 is 1.37 bits per heavy atom. The first-order valence-corrected chi connectivity index (χ1v) is 6.74. The van der Waals surface area contributed by atoms with E-state index < -0.39 is 0 Å². The maximum absolute atomic E-state index is 4.38. The van der Waals surface area contributed by atoms with Crippen molar-refractivity contribution in [3.05, 3.63) is 23.9 Å². The predicted molar refractivity (Wildman–Crippen MR) is 81.7 cm³/mol. The SMILES string of the molecule is CCCCNC(=NC)NCc1cccnc1N(C)C. The zero-order valence-corrected chi connectivity index (χ0v) is 12.4. The van der Waals surface area contributed by atoms with Crippen LogP contribution in [0, 0.1) is 0 Å². The van der Waals surface area contributed by atoms with Gasteiger partial charge in [-0.1, -0.05) is 19.4 Å². The van der Waals surface area contributed by atoms with Crippen LogP contribution in [0.5, 0.6) is 0 Å². The Hall–Kier alpha value is -1.78. The molecule has 1 heterocycles. The first kappa shape index (κ1) is 15.3. The molecule has 5 heteroatoms. The van der Waals surface area contributed by atoms with Crippen molar-refractivity contribution in [2.24, 2.45) is 4.99 Å². The number of nitrogens with zero attached hydrogens (tertiary/aromatic N) is 3. The number of nitrogens with one attached hydrogen (secondary N) is 2. The van der Waals surface area contributed by atoms with E-state index >= 15 is 0 Å². The molecular formula is C14H25N5. The van der Waals surface area contributed by atoms with Gasteiger partial charge in [0.2, 0.25) is 0 Å². The van der Waals surface area contributed by atoms with Crippen LogP contribution in [0.4, 0.5) is 5.82 Å². The minimum Gasteiger partial charge on any atom is -0.362 e. The lowest BCUT2D eigenvalue weighted by Crippen LogP contribution is -2.37. The molecule has 19 heavy (non-hydrogen) atoms. The van der Waals surface area contributed by atoms with Crippen LogP contribution in [0.1, 0.15) is 25.3 Å². The molecule has 0 bridgehead atoms. The van der Waals surface area contributed by atoms with Crippen molar-refractivity contribution in [1.29, 1.82) is 0 Å². The summed E-state index contributed by atoms with van der Waals surface area (Å²) in [5, 5.41) is 6.61. The van der Waals surface area contributed by atoms with Gasteiger partial charge in [0.05, 0.1) is 0 Å². The molecule has 0 aromatic carbocycles. The molecule has 5 nitrogen and oxygen atoms in total. The third-order valence-electron chi connectivity index (χ3n) is 2.78. The summed E-state index contributed by atoms with van der Waals surface area (Å²) in [5.74, 6) is 1.82. The van der Waals surface area contributed by atoms with Crippen LogP contribution < -0.4 is 15.5 Å². The highest BCUT2D eigenvalue weighted by atomic mass is 15.2. The van der Waals surface area contributed by atoms with Crippen molar-refractivity contribution in [2.75, 3.05) is 32.6 Å². The van der Waals surface area contributed by atoms with Crippen LogP contribution >= 0.6 is 0 Å². The van der Waals surface area contributed by atoms with Gasteiger partial charge in [0, 0.05) is 46.0 Å². The molecule has 106 valence electrons. The van der Waals surface area contributed by atoms with Gasteiger partial charge in [0.1, 0.15) is 5.82 Å². The Bertz CT molecular complexity index is 401. The van der Waals surface area contributed by atoms with Crippen LogP contribution in [0.2, 0.25) is 0 Å². The number of hydrogen-bond acceptors (Lipinski definition) is 3. The quantitative estimate of drug-likeness (QED) is 0.465. The van der Waals surface area contributed by atoms with Gasteiger partial charge in [-0.15, -0.1) is 0 Å². The molecule has 1 aromatic heterocycles. The van der Waals surface area contributed by atoms with Crippen LogP contribution in [-0.2, 0) is 6.54 Å². The summed E-state index contributed by atoms with van der Waals surface area (Å²) in [5.41, 5.74) is 1.16. The number of unbranched alkanes of at least 4 members (excludes halogenated alkanes) is 1. The van der Waals surface area contributed by atoms with Gasteiger partial charge in [-0.2, -0.15) is 0 Å². The topological polar surface area (TPSA) is 52.6 Å². The molecular weight excluding hydrogens is 238 g/mol. The molecule has 0 aliphatic rings. The molecule has 0 amide bonds. The largest absolute Gasteiger partial charge is 0.362 e. The minimum atomic E-state index is 0.715. The Labute approximate surface area is 116 Å². The molecule has 0 unspecified atom stereocenters. The van der Waals surface area contributed by atoms with E-state index in [-0.39, 0.29) is 0 Å². The zero-order chi connectivity index (χ0) is 14.1. The second-order valence-electron chi connectivity index (χ2n) is 4.59. The van der Waals surface area contributed by atoms with Crippen LogP contribution in [0.15, 0.2) is 23.3 Å². The van der Waals surface area contributed by atoms with E-state index in [0.29, 0.717) is 6.54 Å². The molecule has 0 atom stereocenters. The van der Waals surface area contributed by atoms with Crippen molar-refractivity contribution in [1.82, 2.24) is 15.6 Å². The van der Waals surface area contributed by atoms with E-state index in [4.69, 9.17) is 0 Å². The maximum Gasteiger partial charge on any atom is 0.191 e. The fourth-order valence-corrected chi connectivity index (χ4v) is 1.75. The standard InChI is InChI=1S/C14H25N5/c1-5-6-9-17-14(15-2)18-11-12-8-7-10-16-13(12)19(3)4/h7-8,10H,5-6,9,11H2,1-4H3,(H2,15,17,18). The average Bonchev–Trinajstić information content (AvgIpc) is 2.43. The molecule has 0 fully saturated rings. The van der Waals surface area contributed by atoms with Crippen molar-refractivity contribution in [3.63, 3.8) is 0 Å². The summed E-state index contributed by atoms with van der Waals surface area (Å²) >= 11 is 0. The van der Waals surface area contributed by atoms with E-state index in [1.165, 1.54) is 6.42 Å². The van der Waals surface area contributed by atoms with Gasteiger partial charge in [0.15, 0.2) is 5.96 Å². The van der Waals surface area contributed by atoms with Crippen molar-refractivity contribution in [3.8, 4) is 0 Å². The smallest absolute Gasteiger partial charge is 0.191 e. The number of anilines is 1. The number of guanidine groups is 1. The monoisotopic (exact) mass is 263 g/mol. The third-order valence-corrected chi connectivity index (χ3v) is 2.78. The van der Waals surface area contributed by atoms with Crippen molar-refractivity contribution < 1.29 is 0 Å². The van der Waals surface area contributed by atoms with Crippen molar-refractivity contribution in [2.45, 2.75) is 26.3 Å². The molecule has 0 aliphatic carbocycles. The first-order valence-electron chi connectivity index (χ1n) is 6.74. The lowest BCUT2D eigenvalue weighted by atomic mass is 10.2. The van der Waals surface area contributed by atoms with E-state index in [2.05, 4.69) is 33.6 Å². The summed E-state index contributed by atoms with van der Waals surface area (Å²) in [6, 6.07) is 4.03. The highest BCUT2D eigenvalue weighted by Crippen LogP contribution is 2.13. The number of hydrogen-bond donors (Lipinski definition) is 2. The lowest BCUT2D eigenvalue weighted by Gasteiger charge is -2.17. The number of rotatable bonds is 6. The Morgan fingerprint density at radius 3 is 2.79 bits per heavy atom. The summed E-state index contributed by atoms with van der Waals surface area (Å²) < 4.78 is 0. The minimum absolute atomic E-state index is 0.715. The summed E-state index contributed by atoms with van der Waals surface area (Å²) in [6.07, 6.45) is 4.14. The Morgan fingerprint density at radius 2 is 2.16 bits per heavy atom.